The predicted molar refractivity (Wildman–Crippen MR) is 76.5 cm³/mol. The number of carbonyl (C=O) groups excluding carboxylic acids is 1. The summed E-state index contributed by atoms with van der Waals surface area (Å²) in [7, 11) is 0. The molecule has 1 aliphatic rings. The van der Waals surface area contributed by atoms with Crippen LogP contribution in [0.5, 0.6) is 0 Å². The molecule has 1 aliphatic carbocycles. The summed E-state index contributed by atoms with van der Waals surface area (Å²) >= 11 is 0. The van der Waals surface area contributed by atoms with Gasteiger partial charge < -0.3 is 5.32 Å². The van der Waals surface area contributed by atoms with Gasteiger partial charge in [-0.2, -0.15) is 0 Å². The zero-order valence-electron chi connectivity index (χ0n) is 11.4. The van der Waals surface area contributed by atoms with Gasteiger partial charge in [-0.25, -0.2) is 0 Å². The second kappa shape index (κ2) is 6.40. The molecule has 0 spiro atoms. The third-order valence-electron chi connectivity index (χ3n) is 3.30. The first-order chi connectivity index (χ1) is 9.19. The van der Waals surface area contributed by atoms with Crippen LogP contribution >= 0.6 is 0 Å². The van der Waals surface area contributed by atoms with Gasteiger partial charge in [0.25, 0.3) is 0 Å². The number of terminal acetylenes is 1. The highest BCUT2D eigenvalue weighted by Gasteiger charge is 2.30. The van der Waals surface area contributed by atoms with Crippen LogP contribution in [0.25, 0.3) is 0 Å². The summed E-state index contributed by atoms with van der Waals surface area (Å²) in [6.45, 7) is 3.65. The number of aryl methyl sites for hydroxylation is 1. The topological polar surface area (TPSA) is 32.3 Å². The molecule has 0 unspecified atom stereocenters. The minimum atomic E-state index is 0.0111. The zero-order valence-corrected chi connectivity index (χ0v) is 11.4. The summed E-state index contributed by atoms with van der Waals surface area (Å²) in [6, 6.07) is 9.03. The molecule has 0 atom stereocenters. The number of rotatable bonds is 6. The van der Waals surface area contributed by atoms with Crippen molar-refractivity contribution in [3.05, 3.63) is 35.4 Å². The van der Waals surface area contributed by atoms with Crippen LogP contribution in [-0.4, -0.2) is 29.9 Å². The maximum Gasteiger partial charge on any atom is 0.234 e. The van der Waals surface area contributed by atoms with Crippen molar-refractivity contribution in [2.24, 2.45) is 0 Å². The Morgan fingerprint density at radius 2 is 2.11 bits per heavy atom. The first kappa shape index (κ1) is 13.6. The van der Waals surface area contributed by atoms with Gasteiger partial charge in [0.05, 0.1) is 13.1 Å². The molecule has 19 heavy (non-hydrogen) atoms. The average molecular weight is 256 g/mol. The van der Waals surface area contributed by atoms with E-state index in [1.807, 2.05) is 0 Å². The molecule has 1 N–H and O–H groups in total. The molecule has 100 valence electrons. The normalized spacial score (nSPS) is 14.2. The van der Waals surface area contributed by atoms with Gasteiger partial charge in [0.1, 0.15) is 0 Å². The van der Waals surface area contributed by atoms with Crippen LogP contribution in [0.15, 0.2) is 24.3 Å². The van der Waals surface area contributed by atoms with Crippen LogP contribution in [0.2, 0.25) is 0 Å². The molecule has 0 saturated heterocycles. The molecule has 0 aliphatic heterocycles. The van der Waals surface area contributed by atoms with E-state index in [0.717, 1.165) is 6.54 Å². The molecular formula is C16H20N2O. The van der Waals surface area contributed by atoms with Crippen LogP contribution in [0, 0.1) is 19.3 Å². The minimum absolute atomic E-state index is 0.0111. The molecule has 3 nitrogen and oxygen atoms in total. The van der Waals surface area contributed by atoms with Crippen LogP contribution in [0.4, 0.5) is 0 Å². The SMILES string of the molecule is C#CCNC(=O)CN(Cc1ccc(C)cc1)C1CC1. The average Bonchev–Trinajstić information content (AvgIpc) is 3.22. The fourth-order valence-corrected chi connectivity index (χ4v) is 2.07. The van der Waals surface area contributed by atoms with Crippen molar-refractivity contribution >= 4 is 5.91 Å². The van der Waals surface area contributed by atoms with Gasteiger partial charge in [-0.1, -0.05) is 35.7 Å². The molecule has 0 aromatic heterocycles. The fourth-order valence-electron chi connectivity index (χ4n) is 2.07. The molecule has 0 bridgehead atoms. The maximum atomic E-state index is 11.7. The van der Waals surface area contributed by atoms with E-state index in [2.05, 4.69) is 47.3 Å². The van der Waals surface area contributed by atoms with Crippen molar-refractivity contribution in [2.75, 3.05) is 13.1 Å². The van der Waals surface area contributed by atoms with Gasteiger partial charge in [-0.15, -0.1) is 6.42 Å². The van der Waals surface area contributed by atoms with Crippen molar-refractivity contribution in [3.63, 3.8) is 0 Å². The number of carbonyl (C=O) groups is 1. The number of hydrogen-bond acceptors (Lipinski definition) is 2. The summed E-state index contributed by atoms with van der Waals surface area (Å²) in [5.74, 6) is 2.43. The Labute approximate surface area is 115 Å². The minimum Gasteiger partial charge on any atom is -0.344 e. The van der Waals surface area contributed by atoms with Gasteiger partial charge in [0, 0.05) is 12.6 Å². The Bertz CT molecular complexity index is 469. The smallest absolute Gasteiger partial charge is 0.234 e. The number of nitrogens with zero attached hydrogens (tertiary/aromatic N) is 1. The predicted octanol–water partition coefficient (Wildman–Crippen LogP) is 1.71. The Balaban J connectivity index is 1.91. The van der Waals surface area contributed by atoms with Crippen molar-refractivity contribution in [1.29, 1.82) is 0 Å². The number of amides is 1. The molecule has 1 aromatic rings. The molecule has 1 fully saturated rings. The lowest BCUT2D eigenvalue weighted by molar-refractivity contribution is -0.122. The Hall–Kier alpha value is -1.79. The van der Waals surface area contributed by atoms with E-state index >= 15 is 0 Å². The van der Waals surface area contributed by atoms with E-state index < -0.39 is 0 Å². The summed E-state index contributed by atoms with van der Waals surface area (Å²) in [5.41, 5.74) is 2.51. The second-order valence-electron chi connectivity index (χ2n) is 5.10. The van der Waals surface area contributed by atoms with E-state index in [4.69, 9.17) is 6.42 Å². The third-order valence-corrected chi connectivity index (χ3v) is 3.30. The van der Waals surface area contributed by atoms with Crippen molar-refractivity contribution < 1.29 is 4.79 Å². The van der Waals surface area contributed by atoms with Crippen molar-refractivity contribution in [1.82, 2.24) is 10.2 Å². The number of hydrogen-bond donors (Lipinski definition) is 1. The lowest BCUT2D eigenvalue weighted by Gasteiger charge is -2.21. The van der Waals surface area contributed by atoms with E-state index in [1.54, 1.807) is 0 Å². The second-order valence-corrected chi connectivity index (χ2v) is 5.10. The highest BCUT2D eigenvalue weighted by molar-refractivity contribution is 5.78. The summed E-state index contributed by atoms with van der Waals surface area (Å²) in [4.78, 5) is 14.0. The number of nitrogens with one attached hydrogen (secondary N) is 1. The lowest BCUT2D eigenvalue weighted by Crippen LogP contribution is -2.38. The van der Waals surface area contributed by atoms with Crippen molar-refractivity contribution in [3.8, 4) is 12.3 Å². The largest absolute Gasteiger partial charge is 0.344 e. The monoisotopic (exact) mass is 256 g/mol. The van der Waals surface area contributed by atoms with E-state index in [9.17, 15) is 4.79 Å². The Morgan fingerprint density at radius 1 is 1.42 bits per heavy atom. The molecule has 0 radical (unpaired) electrons. The van der Waals surface area contributed by atoms with Crippen LogP contribution in [-0.2, 0) is 11.3 Å². The maximum absolute atomic E-state index is 11.7. The molecular weight excluding hydrogens is 236 g/mol. The standard InChI is InChI=1S/C16H20N2O/c1-3-10-17-16(19)12-18(15-8-9-15)11-14-6-4-13(2)5-7-14/h1,4-7,15H,8-12H2,2H3,(H,17,19). The van der Waals surface area contributed by atoms with Crippen LogP contribution in [0.1, 0.15) is 24.0 Å². The summed E-state index contributed by atoms with van der Waals surface area (Å²) < 4.78 is 0. The van der Waals surface area contributed by atoms with E-state index in [1.165, 1.54) is 24.0 Å². The van der Waals surface area contributed by atoms with Gasteiger partial charge in [-0.05, 0) is 25.3 Å². The van der Waals surface area contributed by atoms with Crippen LogP contribution in [0.3, 0.4) is 0 Å². The Kier molecular flexibility index (Phi) is 4.59. The highest BCUT2D eigenvalue weighted by Crippen LogP contribution is 2.28. The molecule has 1 aromatic carbocycles. The van der Waals surface area contributed by atoms with Crippen LogP contribution < -0.4 is 5.32 Å². The van der Waals surface area contributed by atoms with Crippen molar-refractivity contribution in [2.45, 2.75) is 32.4 Å². The molecule has 1 saturated carbocycles. The van der Waals surface area contributed by atoms with E-state index in [0.29, 0.717) is 19.1 Å². The molecule has 0 heterocycles. The van der Waals surface area contributed by atoms with Gasteiger partial charge >= 0.3 is 0 Å². The quantitative estimate of drug-likeness (QED) is 0.786. The molecule has 3 heteroatoms. The van der Waals surface area contributed by atoms with Gasteiger partial charge in [0.15, 0.2) is 0 Å². The fraction of sp³-hybridized carbons (Fsp3) is 0.438. The summed E-state index contributed by atoms with van der Waals surface area (Å²) in [5, 5.41) is 2.72. The molecule has 1 amide bonds. The first-order valence-corrected chi connectivity index (χ1v) is 6.69. The van der Waals surface area contributed by atoms with Gasteiger partial charge in [0.2, 0.25) is 5.91 Å². The van der Waals surface area contributed by atoms with Gasteiger partial charge in [-0.3, -0.25) is 9.69 Å². The Morgan fingerprint density at radius 3 is 2.68 bits per heavy atom. The lowest BCUT2D eigenvalue weighted by atomic mass is 10.1. The summed E-state index contributed by atoms with van der Waals surface area (Å²) in [6.07, 6.45) is 7.52. The molecule has 2 rings (SSSR count). The van der Waals surface area contributed by atoms with E-state index in [-0.39, 0.29) is 5.91 Å². The number of benzene rings is 1. The zero-order chi connectivity index (χ0) is 13.7. The first-order valence-electron chi connectivity index (χ1n) is 6.69. The highest BCUT2D eigenvalue weighted by atomic mass is 16.2. The third kappa shape index (κ3) is 4.42.